The average Bonchev–Trinajstić information content (AvgIpc) is 3.44. The molecular weight excluding hydrogens is 481 g/mol. The second-order valence-electron chi connectivity index (χ2n) is 11.2. The van der Waals surface area contributed by atoms with Crippen LogP contribution in [0.1, 0.15) is 61.0 Å². The van der Waals surface area contributed by atoms with Crippen molar-refractivity contribution in [2.45, 2.75) is 65.0 Å². The van der Waals surface area contributed by atoms with Crippen LogP contribution in [0.2, 0.25) is 0 Å². The molecule has 1 unspecified atom stereocenters. The number of nitrogens with zero attached hydrogens (tertiary/aromatic N) is 4. The van der Waals surface area contributed by atoms with E-state index in [1.54, 1.807) is 18.0 Å². The molecule has 0 bridgehead atoms. The number of hydrogen-bond acceptors (Lipinski definition) is 4. The van der Waals surface area contributed by atoms with E-state index in [4.69, 9.17) is 0 Å². The van der Waals surface area contributed by atoms with Gasteiger partial charge < -0.3 is 19.7 Å². The predicted molar refractivity (Wildman–Crippen MR) is 147 cm³/mol. The third kappa shape index (κ3) is 5.19. The van der Waals surface area contributed by atoms with Gasteiger partial charge in [0.15, 0.2) is 0 Å². The molecule has 2 aliphatic heterocycles. The summed E-state index contributed by atoms with van der Waals surface area (Å²) in [7, 11) is 1.75. The molecule has 0 aliphatic carbocycles. The lowest BCUT2D eigenvalue weighted by Gasteiger charge is -2.26. The van der Waals surface area contributed by atoms with Crippen LogP contribution in [-0.4, -0.2) is 69.9 Å². The van der Waals surface area contributed by atoms with Gasteiger partial charge in [-0.25, -0.2) is 4.39 Å². The number of hydrogen-bond donors (Lipinski definition) is 1. The van der Waals surface area contributed by atoms with Crippen molar-refractivity contribution in [1.29, 1.82) is 0 Å². The fraction of sp³-hybridized carbons (Fsp3) is 0.500. The van der Waals surface area contributed by atoms with Gasteiger partial charge in [0, 0.05) is 56.4 Å². The molecule has 3 aromatic rings. The highest BCUT2D eigenvalue weighted by Crippen LogP contribution is 2.33. The van der Waals surface area contributed by atoms with Crippen LogP contribution < -0.4 is 5.32 Å². The zero-order valence-electron chi connectivity index (χ0n) is 22.8. The molecule has 0 saturated carbocycles. The van der Waals surface area contributed by atoms with Gasteiger partial charge in [-0.05, 0) is 88.2 Å². The summed E-state index contributed by atoms with van der Waals surface area (Å²) >= 11 is 0. The maximum Gasteiger partial charge on any atom is 0.256 e. The monoisotopic (exact) mass is 519 g/mol. The van der Waals surface area contributed by atoms with Crippen LogP contribution in [0.15, 0.2) is 36.8 Å². The first-order valence-electron chi connectivity index (χ1n) is 13.7. The van der Waals surface area contributed by atoms with Gasteiger partial charge in [0.1, 0.15) is 5.82 Å². The van der Waals surface area contributed by atoms with Crippen LogP contribution in [0, 0.1) is 18.7 Å². The Morgan fingerprint density at radius 1 is 1.24 bits per heavy atom. The van der Waals surface area contributed by atoms with Crippen molar-refractivity contribution in [1.82, 2.24) is 24.7 Å². The van der Waals surface area contributed by atoms with Gasteiger partial charge in [-0.2, -0.15) is 0 Å². The number of rotatable bonds is 6. The number of benzene rings is 1. The van der Waals surface area contributed by atoms with Crippen molar-refractivity contribution in [2.75, 3.05) is 26.7 Å². The number of aryl methyl sites for hydroxylation is 1. The molecular formula is C30H38FN5O2. The number of fused-ring (bicyclic) bond motifs is 1. The Morgan fingerprint density at radius 3 is 2.84 bits per heavy atom. The number of carbonyl (C=O) groups is 2. The van der Waals surface area contributed by atoms with E-state index >= 15 is 0 Å². The second kappa shape index (κ2) is 10.8. The number of amides is 2. The van der Waals surface area contributed by atoms with Gasteiger partial charge in [-0.15, -0.1) is 0 Å². The zero-order chi connectivity index (χ0) is 27.0. The lowest BCUT2D eigenvalue weighted by atomic mass is 9.97. The van der Waals surface area contributed by atoms with Crippen molar-refractivity contribution in [3.05, 3.63) is 59.3 Å². The minimum atomic E-state index is -0.429. The van der Waals surface area contributed by atoms with Gasteiger partial charge in [-0.1, -0.05) is 0 Å². The van der Waals surface area contributed by atoms with E-state index in [0.29, 0.717) is 29.6 Å². The molecule has 5 rings (SSSR count). The Labute approximate surface area is 224 Å². The number of carbonyl (C=O) groups excluding carboxylic acids is 2. The standard InChI is InChI=1S/C30H38FN5O2/c1-19(2)34(4)30(38)25-14-23(31)5-7-26(25)36-18-22(29-20(3)15-32-16-27(29)36)13-21-10-12-35(17-21)24-6-8-28(37)33-11-9-24/h5,7,14-16,18-19,21,24H,6,8-13,17H2,1-4H3,(H,33,37)/t21-,24?/m0/s1. The first-order chi connectivity index (χ1) is 18.2. The van der Waals surface area contributed by atoms with E-state index in [2.05, 4.69) is 28.3 Å². The van der Waals surface area contributed by atoms with Crippen molar-refractivity contribution in [3.8, 4) is 5.69 Å². The highest BCUT2D eigenvalue weighted by atomic mass is 19.1. The van der Waals surface area contributed by atoms with Gasteiger partial charge in [0.25, 0.3) is 5.91 Å². The highest BCUT2D eigenvalue weighted by molar-refractivity contribution is 5.99. The maximum atomic E-state index is 14.4. The Balaban J connectivity index is 1.46. The molecule has 1 N–H and O–H groups in total. The minimum absolute atomic E-state index is 0.00725. The van der Waals surface area contributed by atoms with Crippen LogP contribution >= 0.6 is 0 Å². The lowest BCUT2D eigenvalue weighted by Crippen LogP contribution is -2.34. The largest absolute Gasteiger partial charge is 0.356 e. The van der Waals surface area contributed by atoms with E-state index in [9.17, 15) is 14.0 Å². The topological polar surface area (TPSA) is 70.5 Å². The lowest BCUT2D eigenvalue weighted by molar-refractivity contribution is -0.120. The molecule has 8 heteroatoms. The van der Waals surface area contributed by atoms with Gasteiger partial charge in [0.2, 0.25) is 5.91 Å². The van der Waals surface area contributed by atoms with Crippen molar-refractivity contribution >= 4 is 22.7 Å². The summed E-state index contributed by atoms with van der Waals surface area (Å²) in [5, 5.41) is 4.15. The average molecular weight is 520 g/mol. The molecule has 202 valence electrons. The van der Waals surface area contributed by atoms with E-state index in [1.807, 2.05) is 30.8 Å². The van der Waals surface area contributed by atoms with Gasteiger partial charge >= 0.3 is 0 Å². The SMILES string of the molecule is Cc1cncc2c1c(C[C@@H]1CCN(C3CCNC(=O)CC3)C1)cn2-c1ccc(F)cc1C(=O)N(C)C(C)C. The summed E-state index contributed by atoms with van der Waals surface area (Å²) < 4.78 is 16.4. The predicted octanol–water partition coefficient (Wildman–Crippen LogP) is 4.49. The van der Waals surface area contributed by atoms with Gasteiger partial charge in [-0.3, -0.25) is 14.6 Å². The smallest absolute Gasteiger partial charge is 0.256 e. The molecule has 7 nitrogen and oxygen atoms in total. The van der Waals surface area contributed by atoms with E-state index < -0.39 is 5.82 Å². The molecule has 0 radical (unpaired) electrons. The van der Waals surface area contributed by atoms with Crippen LogP contribution in [0.4, 0.5) is 4.39 Å². The summed E-state index contributed by atoms with van der Waals surface area (Å²) in [6.07, 6.45) is 10.4. The van der Waals surface area contributed by atoms with Crippen LogP contribution in [0.5, 0.6) is 0 Å². The number of halogens is 1. The number of nitrogens with one attached hydrogen (secondary N) is 1. The van der Waals surface area contributed by atoms with Crippen LogP contribution in [0.25, 0.3) is 16.6 Å². The quantitative estimate of drug-likeness (QED) is 0.521. The Bertz CT molecular complexity index is 1350. The van der Waals surface area contributed by atoms with Crippen LogP contribution in [-0.2, 0) is 11.2 Å². The first-order valence-corrected chi connectivity index (χ1v) is 13.7. The summed E-state index contributed by atoms with van der Waals surface area (Å²) in [6, 6.07) is 4.90. The number of pyridine rings is 1. The summed E-state index contributed by atoms with van der Waals surface area (Å²) in [5.41, 5.74) is 4.25. The highest BCUT2D eigenvalue weighted by Gasteiger charge is 2.31. The molecule has 2 saturated heterocycles. The number of likely N-dealkylation sites (tertiary alicyclic amines) is 1. The van der Waals surface area contributed by atoms with Crippen molar-refractivity contribution < 1.29 is 14.0 Å². The van der Waals surface area contributed by atoms with Crippen LogP contribution in [0.3, 0.4) is 0 Å². The summed E-state index contributed by atoms with van der Waals surface area (Å²) in [6.45, 7) is 8.80. The van der Waals surface area contributed by atoms with Crippen molar-refractivity contribution in [2.24, 2.45) is 5.92 Å². The number of aromatic nitrogens is 2. The fourth-order valence-electron chi connectivity index (χ4n) is 6.05. The Kier molecular flexibility index (Phi) is 7.52. The minimum Gasteiger partial charge on any atom is -0.356 e. The molecule has 38 heavy (non-hydrogen) atoms. The van der Waals surface area contributed by atoms with E-state index in [-0.39, 0.29) is 17.9 Å². The molecule has 0 spiro atoms. The van der Waals surface area contributed by atoms with E-state index in [1.165, 1.54) is 17.7 Å². The molecule has 4 heterocycles. The summed E-state index contributed by atoms with van der Waals surface area (Å²) in [5.74, 6) is 0.0383. The third-order valence-electron chi connectivity index (χ3n) is 8.37. The fourth-order valence-corrected chi connectivity index (χ4v) is 6.05. The normalized spacial score (nSPS) is 20.6. The molecule has 2 fully saturated rings. The Morgan fingerprint density at radius 2 is 2.05 bits per heavy atom. The first kappa shape index (κ1) is 26.4. The maximum absolute atomic E-state index is 14.4. The van der Waals surface area contributed by atoms with Gasteiger partial charge in [0.05, 0.1) is 23.0 Å². The van der Waals surface area contributed by atoms with Crippen molar-refractivity contribution in [3.63, 3.8) is 0 Å². The second-order valence-corrected chi connectivity index (χ2v) is 11.2. The summed E-state index contributed by atoms with van der Waals surface area (Å²) in [4.78, 5) is 33.8. The third-order valence-corrected chi connectivity index (χ3v) is 8.37. The molecule has 2 atom stereocenters. The molecule has 2 aromatic heterocycles. The molecule has 1 aromatic carbocycles. The molecule has 2 amide bonds. The Hall–Kier alpha value is -3.26. The zero-order valence-corrected chi connectivity index (χ0v) is 22.8. The molecule has 2 aliphatic rings. The van der Waals surface area contributed by atoms with E-state index in [0.717, 1.165) is 61.8 Å².